The maximum absolute atomic E-state index is 12.5. The van der Waals surface area contributed by atoms with E-state index in [0.29, 0.717) is 10.4 Å². The Morgan fingerprint density at radius 2 is 1.76 bits per heavy atom. The lowest BCUT2D eigenvalue weighted by Gasteiger charge is -2.21. The van der Waals surface area contributed by atoms with Gasteiger partial charge in [0.25, 0.3) is 0 Å². The Morgan fingerprint density at radius 3 is 2.52 bits per heavy atom. The minimum absolute atomic E-state index is 0.0125. The second-order valence-electron chi connectivity index (χ2n) is 6.03. The predicted molar refractivity (Wildman–Crippen MR) is 91.8 cm³/mol. The highest BCUT2D eigenvalue weighted by Gasteiger charge is 2.22. The first-order valence-corrected chi connectivity index (χ1v) is 8.81. The van der Waals surface area contributed by atoms with Crippen LogP contribution in [0.4, 0.5) is 0 Å². The molecule has 1 nitrogen and oxygen atoms in total. The molecule has 110 valence electrons. The van der Waals surface area contributed by atoms with Crippen molar-refractivity contribution in [2.24, 2.45) is 0 Å². The molecule has 2 heteroatoms. The first-order chi connectivity index (χ1) is 10.2. The lowest BCUT2D eigenvalue weighted by Crippen LogP contribution is -2.14. The molecule has 1 aliphatic rings. The molecule has 3 rings (SSSR count). The van der Waals surface area contributed by atoms with Gasteiger partial charge in [-0.1, -0.05) is 80.4 Å². The highest BCUT2D eigenvalue weighted by atomic mass is 32.2. The summed E-state index contributed by atoms with van der Waals surface area (Å²) in [6, 6.07) is 14.7. The van der Waals surface area contributed by atoms with Crippen LogP contribution in [0.5, 0.6) is 0 Å². The van der Waals surface area contributed by atoms with Crippen molar-refractivity contribution in [2.75, 3.05) is 0 Å². The van der Waals surface area contributed by atoms with E-state index in [1.807, 2.05) is 6.92 Å². The second kappa shape index (κ2) is 6.65. The molecule has 1 fully saturated rings. The van der Waals surface area contributed by atoms with Gasteiger partial charge in [0.15, 0.2) is 5.12 Å². The minimum atomic E-state index is -0.0125. The third kappa shape index (κ3) is 3.49. The highest BCUT2D eigenvalue weighted by molar-refractivity contribution is 8.14. The van der Waals surface area contributed by atoms with Crippen LogP contribution in [0, 0.1) is 0 Å². The monoisotopic (exact) mass is 298 g/mol. The Bertz CT molecular complexity index is 628. The van der Waals surface area contributed by atoms with Crippen molar-refractivity contribution in [3.05, 3.63) is 48.0 Å². The van der Waals surface area contributed by atoms with Crippen molar-refractivity contribution in [2.45, 2.75) is 50.2 Å². The Hall–Kier alpha value is -1.28. The van der Waals surface area contributed by atoms with Crippen LogP contribution < -0.4 is 0 Å². The van der Waals surface area contributed by atoms with Gasteiger partial charge in [-0.3, -0.25) is 4.79 Å². The van der Waals surface area contributed by atoms with Gasteiger partial charge < -0.3 is 0 Å². The van der Waals surface area contributed by atoms with Crippen LogP contribution in [0.1, 0.15) is 50.5 Å². The van der Waals surface area contributed by atoms with Crippen LogP contribution in [0.2, 0.25) is 0 Å². The molecule has 0 saturated heterocycles. The number of carbonyl (C=O) groups is 1. The maximum Gasteiger partial charge on any atom is 0.196 e. The fraction of sp³-hybridized carbons (Fsp3) is 0.421. The molecule has 1 atom stereocenters. The quantitative estimate of drug-likeness (QED) is 0.740. The predicted octanol–water partition coefficient (Wildman–Crippen LogP) is 5.54. The van der Waals surface area contributed by atoms with Gasteiger partial charge in [0.05, 0.1) is 5.92 Å². The maximum atomic E-state index is 12.5. The summed E-state index contributed by atoms with van der Waals surface area (Å²) >= 11 is 1.59. The molecule has 1 unspecified atom stereocenters. The number of thioether (sulfide) groups is 1. The molecule has 1 aliphatic carbocycles. The molecular weight excluding hydrogens is 276 g/mol. The van der Waals surface area contributed by atoms with Crippen molar-refractivity contribution in [1.82, 2.24) is 0 Å². The van der Waals surface area contributed by atoms with E-state index in [0.717, 1.165) is 5.56 Å². The molecule has 1 saturated carbocycles. The van der Waals surface area contributed by atoms with Crippen LogP contribution >= 0.6 is 11.8 Å². The number of hydrogen-bond donors (Lipinski definition) is 0. The molecule has 21 heavy (non-hydrogen) atoms. The molecule has 0 aromatic heterocycles. The Morgan fingerprint density at radius 1 is 1.05 bits per heavy atom. The zero-order valence-corrected chi connectivity index (χ0v) is 13.4. The van der Waals surface area contributed by atoms with Gasteiger partial charge in [0.1, 0.15) is 0 Å². The van der Waals surface area contributed by atoms with E-state index in [9.17, 15) is 4.79 Å². The van der Waals surface area contributed by atoms with Gasteiger partial charge in [-0.25, -0.2) is 0 Å². The normalized spacial score (nSPS) is 17.8. The number of carbonyl (C=O) groups excluding carboxylic acids is 1. The molecule has 0 spiro atoms. The van der Waals surface area contributed by atoms with Crippen molar-refractivity contribution in [1.29, 1.82) is 0 Å². The van der Waals surface area contributed by atoms with Gasteiger partial charge >= 0.3 is 0 Å². The van der Waals surface area contributed by atoms with Crippen molar-refractivity contribution in [3.8, 4) is 0 Å². The Balaban J connectivity index is 1.72. The van der Waals surface area contributed by atoms with Crippen molar-refractivity contribution < 1.29 is 4.79 Å². The summed E-state index contributed by atoms with van der Waals surface area (Å²) in [4.78, 5) is 12.5. The standard InChI is InChI=1S/C19H22OS/c1-14(19(20)21-18-9-3-2-4-10-18)16-12-11-15-7-5-6-8-17(15)13-16/h5-8,11-14,18H,2-4,9-10H2,1H3. The van der Waals surface area contributed by atoms with Gasteiger partial charge in [0.2, 0.25) is 0 Å². The van der Waals surface area contributed by atoms with Gasteiger partial charge in [-0.05, 0) is 29.2 Å². The second-order valence-corrected chi connectivity index (χ2v) is 7.33. The number of hydrogen-bond acceptors (Lipinski definition) is 2. The van der Waals surface area contributed by atoms with E-state index in [-0.39, 0.29) is 5.92 Å². The van der Waals surface area contributed by atoms with Crippen LogP contribution in [0.25, 0.3) is 10.8 Å². The molecule has 0 amide bonds. The Kier molecular flexibility index (Phi) is 4.64. The fourth-order valence-corrected chi connectivity index (χ4v) is 4.30. The van der Waals surface area contributed by atoms with Crippen LogP contribution in [0.3, 0.4) is 0 Å². The number of rotatable bonds is 3. The van der Waals surface area contributed by atoms with Crippen LogP contribution in [-0.2, 0) is 4.79 Å². The van der Waals surface area contributed by atoms with E-state index in [4.69, 9.17) is 0 Å². The summed E-state index contributed by atoms with van der Waals surface area (Å²) < 4.78 is 0. The van der Waals surface area contributed by atoms with Crippen molar-refractivity contribution in [3.63, 3.8) is 0 Å². The number of fused-ring (bicyclic) bond motifs is 1. The van der Waals surface area contributed by atoms with Crippen LogP contribution in [0.15, 0.2) is 42.5 Å². The average Bonchev–Trinajstić information content (AvgIpc) is 2.54. The van der Waals surface area contributed by atoms with E-state index in [2.05, 4.69) is 42.5 Å². The van der Waals surface area contributed by atoms with Gasteiger partial charge in [-0.2, -0.15) is 0 Å². The van der Waals surface area contributed by atoms with E-state index in [1.165, 1.54) is 42.9 Å². The van der Waals surface area contributed by atoms with E-state index < -0.39 is 0 Å². The molecule has 0 N–H and O–H groups in total. The lowest BCUT2D eigenvalue weighted by molar-refractivity contribution is -0.112. The summed E-state index contributed by atoms with van der Waals surface area (Å²) in [6.45, 7) is 2.04. The third-order valence-corrected chi connectivity index (χ3v) is 5.85. The Labute approximate surface area is 131 Å². The van der Waals surface area contributed by atoms with Crippen molar-refractivity contribution >= 4 is 27.6 Å². The molecule has 2 aromatic carbocycles. The first kappa shape index (κ1) is 14.6. The zero-order valence-electron chi connectivity index (χ0n) is 12.5. The SMILES string of the molecule is CC(C(=O)SC1CCCCC1)c1ccc2ccccc2c1. The van der Waals surface area contributed by atoms with Crippen LogP contribution in [-0.4, -0.2) is 10.4 Å². The third-order valence-electron chi connectivity index (χ3n) is 4.46. The summed E-state index contributed by atoms with van der Waals surface area (Å²) in [5.74, 6) is -0.0125. The van der Waals surface area contributed by atoms with Gasteiger partial charge in [0, 0.05) is 5.25 Å². The minimum Gasteiger partial charge on any atom is -0.287 e. The summed E-state index contributed by atoms with van der Waals surface area (Å²) in [5, 5.41) is 3.34. The zero-order chi connectivity index (χ0) is 14.7. The highest BCUT2D eigenvalue weighted by Crippen LogP contribution is 2.33. The van der Waals surface area contributed by atoms with Gasteiger partial charge in [-0.15, -0.1) is 0 Å². The summed E-state index contributed by atoms with van der Waals surface area (Å²) in [7, 11) is 0. The lowest BCUT2D eigenvalue weighted by atomic mass is 9.99. The molecule has 0 aliphatic heterocycles. The topological polar surface area (TPSA) is 17.1 Å². The summed E-state index contributed by atoms with van der Waals surface area (Å²) in [6.07, 6.45) is 6.33. The average molecular weight is 298 g/mol. The molecule has 0 bridgehead atoms. The molecule has 0 radical (unpaired) electrons. The van der Waals surface area contributed by atoms with E-state index in [1.54, 1.807) is 11.8 Å². The molecule has 2 aromatic rings. The molecular formula is C19H22OS. The largest absolute Gasteiger partial charge is 0.287 e. The number of benzene rings is 2. The smallest absolute Gasteiger partial charge is 0.196 e. The molecule has 0 heterocycles. The van der Waals surface area contributed by atoms with E-state index >= 15 is 0 Å². The summed E-state index contributed by atoms with van der Waals surface area (Å²) in [5.41, 5.74) is 1.14. The fourth-order valence-electron chi connectivity index (χ4n) is 3.06. The first-order valence-electron chi connectivity index (χ1n) is 7.93.